The van der Waals surface area contributed by atoms with Crippen molar-refractivity contribution in [1.29, 1.82) is 0 Å². The molecule has 0 spiro atoms. The minimum atomic E-state index is -0.743. The van der Waals surface area contributed by atoms with E-state index in [0.717, 1.165) is 27.8 Å². The average Bonchev–Trinajstić information content (AvgIpc) is 3.42. The molecule has 3 aromatic carbocycles. The highest BCUT2D eigenvalue weighted by atomic mass is 19.1. The summed E-state index contributed by atoms with van der Waals surface area (Å²) in [6, 6.07) is 23.3. The van der Waals surface area contributed by atoms with Crippen LogP contribution in [0, 0.1) is 11.2 Å². The number of carbonyl (C=O) groups excluding carboxylic acids is 1. The van der Waals surface area contributed by atoms with Crippen molar-refractivity contribution < 1.29 is 9.18 Å². The number of hydrogen-bond donors (Lipinski definition) is 1. The maximum atomic E-state index is 14.0. The van der Waals surface area contributed by atoms with Crippen LogP contribution in [0.5, 0.6) is 0 Å². The minimum Gasteiger partial charge on any atom is -0.348 e. The van der Waals surface area contributed by atoms with E-state index in [2.05, 4.69) is 20.4 Å². The Labute approximate surface area is 213 Å². The third-order valence-electron chi connectivity index (χ3n) is 7.03. The van der Waals surface area contributed by atoms with Crippen molar-refractivity contribution in [3.8, 4) is 5.69 Å². The van der Waals surface area contributed by atoms with Crippen LogP contribution in [-0.2, 0) is 4.79 Å². The van der Waals surface area contributed by atoms with E-state index in [9.17, 15) is 9.18 Å². The molecule has 184 valence electrons. The Morgan fingerprint density at radius 1 is 0.892 bits per heavy atom. The Kier molecular flexibility index (Phi) is 5.44. The summed E-state index contributed by atoms with van der Waals surface area (Å²) in [5, 5.41) is 8.84. The van der Waals surface area contributed by atoms with E-state index >= 15 is 0 Å². The Morgan fingerprint density at radius 2 is 1.59 bits per heavy atom. The SMILES string of the molecule is CC1(C)C(=O)N(c2ccc3c(cnn3-c3ccc(F)cc3)c2)[C@H](c2ccccc2)[C@H]1Nc1ncccn1. The predicted molar refractivity (Wildman–Crippen MR) is 141 cm³/mol. The summed E-state index contributed by atoms with van der Waals surface area (Å²) in [4.78, 5) is 24.6. The highest BCUT2D eigenvalue weighted by Crippen LogP contribution is 2.47. The van der Waals surface area contributed by atoms with E-state index in [0.29, 0.717) is 5.95 Å². The van der Waals surface area contributed by atoms with Crippen molar-refractivity contribution in [1.82, 2.24) is 19.7 Å². The molecule has 1 fully saturated rings. The summed E-state index contributed by atoms with van der Waals surface area (Å²) in [5.74, 6) is 0.181. The molecule has 1 saturated heterocycles. The number of hydrogen-bond acceptors (Lipinski definition) is 5. The van der Waals surface area contributed by atoms with Gasteiger partial charge in [-0.2, -0.15) is 5.10 Å². The van der Waals surface area contributed by atoms with Gasteiger partial charge in [0, 0.05) is 23.5 Å². The predicted octanol–water partition coefficient (Wildman–Crippen LogP) is 5.55. The molecular formula is C29H25FN6O. The Hall–Kier alpha value is -4.59. The van der Waals surface area contributed by atoms with E-state index < -0.39 is 5.41 Å². The molecule has 0 unspecified atom stereocenters. The lowest BCUT2D eigenvalue weighted by Gasteiger charge is -2.30. The number of nitrogens with zero attached hydrogens (tertiary/aromatic N) is 5. The number of fused-ring (bicyclic) bond motifs is 1. The smallest absolute Gasteiger partial charge is 0.235 e. The molecule has 2 aromatic heterocycles. The van der Waals surface area contributed by atoms with Crippen LogP contribution in [0.15, 0.2) is 97.5 Å². The van der Waals surface area contributed by atoms with Crippen molar-refractivity contribution in [2.45, 2.75) is 25.9 Å². The molecule has 1 aliphatic heterocycles. The quantitative estimate of drug-likeness (QED) is 0.348. The summed E-state index contributed by atoms with van der Waals surface area (Å²) in [6.07, 6.45) is 5.13. The molecule has 0 radical (unpaired) electrons. The first-order valence-electron chi connectivity index (χ1n) is 12.1. The minimum absolute atomic E-state index is 0.0000561. The third-order valence-corrected chi connectivity index (χ3v) is 7.03. The van der Waals surface area contributed by atoms with E-state index in [1.54, 1.807) is 41.5 Å². The van der Waals surface area contributed by atoms with Crippen molar-refractivity contribution in [2.24, 2.45) is 5.41 Å². The Balaban J connectivity index is 1.45. The van der Waals surface area contributed by atoms with Crippen LogP contribution in [0.4, 0.5) is 16.0 Å². The molecule has 2 atom stereocenters. The molecule has 6 rings (SSSR count). The fraction of sp³-hybridized carbons (Fsp3) is 0.172. The van der Waals surface area contributed by atoms with Gasteiger partial charge in [-0.15, -0.1) is 0 Å². The summed E-state index contributed by atoms with van der Waals surface area (Å²) in [7, 11) is 0. The lowest BCUT2D eigenvalue weighted by atomic mass is 9.82. The second-order valence-corrected chi connectivity index (χ2v) is 9.72. The number of aromatic nitrogens is 4. The van der Waals surface area contributed by atoms with Gasteiger partial charge in [-0.05, 0) is 67.9 Å². The zero-order valence-electron chi connectivity index (χ0n) is 20.4. The van der Waals surface area contributed by atoms with Crippen LogP contribution in [0.2, 0.25) is 0 Å². The lowest BCUT2D eigenvalue weighted by Crippen LogP contribution is -2.38. The molecule has 1 aliphatic rings. The Morgan fingerprint density at radius 3 is 2.32 bits per heavy atom. The molecule has 1 amide bonds. The first-order chi connectivity index (χ1) is 17.9. The maximum absolute atomic E-state index is 14.0. The molecule has 8 heteroatoms. The number of anilines is 2. The van der Waals surface area contributed by atoms with Crippen LogP contribution in [0.1, 0.15) is 25.5 Å². The van der Waals surface area contributed by atoms with E-state index in [1.165, 1.54) is 12.1 Å². The standard InChI is InChI=1S/C29H25FN6O/c1-29(2)26(34-28-31-15-6-16-32-28)25(19-7-4-3-5-8-19)35(27(29)37)23-13-14-24-20(17-23)18-33-36(24)22-11-9-21(30)10-12-22/h3-18,25-26H,1-2H3,(H,31,32,34)/t25-,26-/m1/s1. The van der Waals surface area contributed by atoms with Crippen molar-refractivity contribution >= 4 is 28.4 Å². The largest absolute Gasteiger partial charge is 0.348 e. The van der Waals surface area contributed by atoms with E-state index in [-0.39, 0.29) is 23.8 Å². The van der Waals surface area contributed by atoms with Crippen molar-refractivity contribution in [3.05, 3.63) is 109 Å². The van der Waals surface area contributed by atoms with Crippen LogP contribution >= 0.6 is 0 Å². The summed E-state index contributed by atoms with van der Waals surface area (Å²) >= 11 is 0. The van der Waals surface area contributed by atoms with E-state index in [4.69, 9.17) is 0 Å². The molecule has 1 N–H and O–H groups in total. The van der Waals surface area contributed by atoms with Gasteiger partial charge in [-0.3, -0.25) is 4.79 Å². The summed E-state index contributed by atoms with van der Waals surface area (Å²) in [6.45, 7) is 3.91. The summed E-state index contributed by atoms with van der Waals surface area (Å²) < 4.78 is 15.2. The zero-order chi connectivity index (χ0) is 25.6. The molecule has 0 bridgehead atoms. The topological polar surface area (TPSA) is 75.9 Å². The molecule has 7 nitrogen and oxygen atoms in total. The average molecular weight is 493 g/mol. The number of halogens is 1. The first kappa shape index (κ1) is 22.8. The van der Waals surface area contributed by atoms with E-state index in [1.807, 2.05) is 67.3 Å². The highest BCUT2D eigenvalue weighted by Gasteiger charge is 2.55. The van der Waals surface area contributed by atoms with Gasteiger partial charge in [0.1, 0.15) is 5.82 Å². The van der Waals surface area contributed by atoms with Gasteiger partial charge in [0.25, 0.3) is 0 Å². The summed E-state index contributed by atoms with van der Waals surface area (Å²) in [5.41, 5.74) is 2.67. The van der Waals surface area contributed by atoms with Gasteiger partial charge >= 0.3 is 0 Å². The maximum Gasteiger partial charge on any atom is 0.235 e. The molecule has 0 saturated carbocycles. The molecule has 0 aliphatic carbocycles. The van der Waals surface area contributed by atoms with Crippen molar-refractivity contribution in [2.75, 3.05) is 10.2 Å². The second kappa shape index (κ2) is 8.81. The fourth-order valence-electron chi connectivity index (χ4n) is 5.11. The second-order valence-electron chi connectivity index (χ2n) is 9.72. The lowest BCUT2D eigenvalue weighted by molar-refractivity contribution is -0.124. The van der Waals surface area contributed by atoms with Crippen molar-refractivity contribution in [3.63, 3.8) is 0 Å². The van der Waals surface area contributed by atoms with Gasteiger partial charge in [-0.25, -0.2) is 19.0 Å². The fourth-order valence-corrected chi connectivity index (χ4v) is 5.11. The molecule has 3 heterocycles. The van der Waals surface area contributed by atoms with Gasteiger partial charge < -0.3 is 10.2 Å². The normalized spacial score (nSPS) is 18.9. The van der Waals surface area contributed by atoms with Gasteiger partial charge in [0.2, 0.25) is 11.9 Å². The molecule has 5 aromatic rings. The van der Waals surface area contributed by atoms with Gasteiger partial charge in [0.05, 0.1) is 34.9 Å². The number of rotatable bonds is 5. The third kappa shape index (κ3) is 3.91. The number of carbonyl (C=O) groups is 1. The Bertz CT molecular complexity index is 1570. The van der Waals surface area contributed by atoms with Crippen LogP contribution in [-0.4, -0.2) is 31.7 Å². The number of nitrogens with one attached hydrogen (secondary N) is 1. The number of benzene rings is 3. The van der Waals surface area contributed by atoms with Crippen LogP contribution in [0.3, 0.4) is 0 Å². The van der Waals surface area contributed by atoms with Gasteiger partial charge in [0.15, 0.2) is 0 Å². The van der Waals surface area contributed by atoms with Gasteiger partial charge in [-0.1, -0.05) is 30.3 Å². The number of amides is 1. The van der Waals surface area contributed by atoms with Crippen LogP contribution < -0.4 is 10.2 Å². The first-order valence-corrected chi connectivity index (χ1v) is 12.1. The molecule has 37 heavy (non-hydrogen) atoms. The zero-order valence-corrected chi connectivity index (χ0v) is 20.4. The monoisotopic (exact) mass is 492 g/mol. The molecular weight excluding hydrogens is 467 g/mol. The highest BCUT2D eigenvalue weighted by molar-refractivity contribution is 6.03. The van der Waals surface area contributed by atoms with Crippen LogP contribution in [0.25, 0.3) is 16.6 Å².